The molecular weight excluding hydrogens is 200 g/mol. The summed E-state index contributed by atoms with van der Waals surface area (Å²) in [6.07, 6.45) is 8.96. The zero-order valence-electron chi connectivity index (χ0n) is 11.7. The average Bonchev–Trinajstić information content (AvgIpc) is 2.26. The molecule has 0 aromatic rings. The molecule has 0 N–H and O–H groups in total. The lowest BCUT2D eigenvalue weighted by Gasteiger charge is -2.32. The smallest absolute Gasteiger partial charge is 0.0540 e. The first-order chi connectivity index (χ1) is 7.74. The predicted octanol–water partition coefficient (Wildman–Crippen LogP) is 4.04. The topological polar surface area (TPSA) is 18.5 Å². The van der Waals surface area contributed by atoms with Gasteiger partial charge in [0, 0.05) is 19.6 Å². The quantitative estimate of drug-likeness (QED) is 0.499. The van der Waals surface area contributed by atoms with E-state index in [0.717, 1.165) is 13.2 Å². The molecule has 0 rings (SSSR count). The van der Waals surface area contributed by atoms with E-state index in [2.05, 4.69) is 13.8 Å². The van der Waals surface area contributed by atoms with Crippen LogP contribution in [0.4, 0.5) is 0 Å². The van der Waals surface area contributed by atoms with Gasteiger partial charge in [0.1, 0.15) is 0 Å². The minimum Gasteiger partial charge on any atom is -0.384 e. The SMILES string of the molecule is CCCCCCC(CCC)(COC)COC. The summed E-state index contributed by atoms with van der Waals surface area (Å²) < 4.78 is 10.8. The fourth-order valence-electron chi connectivity index (χ4n) is 2.52. The molecule has 0 aliphatic heterocycles. The van der Waals surface area contributed by atoms with Crippen LogP contribution in [0.25, 0.3) is 0 Å². The van der Waals surface area contributed by atoms with E-state index in [1.54, 1.807) is 14.2 Å². The van der Waals surface area contributed by atoms with Gasteiger partial charge in [0.25, 0.3) is 0 Å². The maximum absolute atomic E-state index is 5.39. The van der Waals surface area contributed by atoms with Crippen LogP contribution in [0, 0.1) is 5.41 Å². The van der Waals surface area contributed by atoms with Crippen molar-refractivity contribution in [2.75, 3.05) is 27.4 Å². The van der Waals surface area contributed by atoms with Crippen molar-refractivity contribution in [1.29, 1.82) is 0 Å². The second-order valence-electron chi connectivity index (χ2n) is 4.93. The Morgan fingerprint density at radius 3 is 1.81 bits per heavy atom. The highest BCUT2D eigenvalue weighted by atomic mass is 16.5. The van der Waals surface area contributed by atoms with E-state index in [4.69, 9.17) is 9.47 Å². The Hall–Kier alpha value is -0.0800. The molecule has 0 unspecified atom stereocenters. The Balaban J connectivity index is 4.12. The summed E-state index contributed by atoms with van der Waals surface area (Å²) >= 11 is 0. The summed E-state index contributed by atoms with van der Waals surface area (Å²) in [7, 11) is 3.60. The Bertz CT molecular complexity index is 129. The highest BCUT2D eigenvalue weighted by Gasteiger charge is 2.28. The van der Waals surface area contributed by atoms with E-state index in [-0.39, 0.29) is 5.41 Å². The Labute approximate surface area is 102 Å². The van der Waals surface area contributed by atoms with E-state index < -0.39 is 0 Å². The molecule has 0 spiro atoms. The van der Waals surface area contributed by atoms with Crippen molar-refractivity contribution in [3.63, 3.8) is 0 Å². The molecule has 2 nitrogen and oxygen atoms in total. The molecule has 0 heterocycles. The van der Waals surface area contributed by atoms with Gasteiger partial charge in [-0.15, -0.1) is 0 Å². The number of hydrogen-bond donors (Lipinski definition) is 0. The van der Waals surface area contributed by atoms with Gasteiger partial charge in [-0.25, -0.2) is 0 Å². The average molecular weight is 230 g/mol. The van der Waals surface area contributed by atoms with Crippen LogP contribution in [0.15, 0.2) is 0 Å². The first-order valence-electron chi connectivity index (χ1n) is 6.72. The standard InChI is InChI=1S/C14H30O2/c1-5-7-8-9-11-14(10-6-2,12-15-3)13-16-4/h5-13H2,1-4H3. The minimum atomic E-state index is 0.256. The molecule has 0 radical (unpaired) electrons. The van der Waals surface area contributed by atoms with Gasteiger partial charge >= 0.3 is 0 Å². The zero-order valence-corrected chi connectivity index (χ0v) is 11.7. The number of hydrogen-bond acceptors (Lipinski definition) is 2. The van der Waals surface area contributed by atoms with Crippen LogP contribution in [0.3, 0.4) is 0 Å². The third-order valence-electron chi connectivity index (χ3n) is 3.24. The van der Waals surface area contributed by atoms with Gasteiger partial charge in [-0.05, 0) is 12.8 Å². The number of rotatable bonds is 11. The summed E-state index contributed by atoms with van der Waals surface area (Å²) in [5, 5.41) is 0. The first kappa shape index (κ1) is 15.9. The van der Waals surface area contributed by atoms with E-state index >= 15 is 0 Å². The number of ether oxygens (including phenoxy) is 2. The summed E-state index contributed by atoms with van der Waals surface area (Å²) in [5.41, 5.74) is 0.256. The summed E-state index contributed by atoms with van der Waals surface area (Å²) in [4.78, 5) is 0. The maximum atomic E-state index is 5.39. The van der Waals surface area contributed by atoms with Gasteiger partial charge in [0.2, 0.25) is 0 Å². The molecule has 16 heavy (non-hydrogen) atoms. The normalized spacial score (nSPS) is 12.0. The van der Waals surface area contributed by atoms with Gasteiger partial charge < -0.3 is 9.47 Å². The molecule has 0 aromatic heterocycles. The van der Waals surface area contributed by atoms with Crippen molar-refractivity contribution >= 4 is 0 Å². The Morgan fingerprint density at radius 1 is 0.750 bits per heavy atom. The van der Waals surface area contributed by atoms with Gasteiger partial charge in [0.05, 0.1) is 13.2 Å². The van der Waals surface area contributed by atoms with Gasteiger partial charge in [-0.1, -0.05) is 46.0 Å². The van der Waals surface area contributed by atoms with E-state index in [1.165, 1.54) is 44.9 Å². The van der Waals surface area contributed by atoms with Crippen LogP contribution < -0.4 is 0 Å². The largest absolute Gasteiger partial charge is 0.384 e. The van der Waals surface area contributed by atoms with Gasteiger partial charge in [-0.2, -0.15) is 0 Å². The molecule has 0 aliphatic carbocycles. The van der Waals surface area contributed by atoms with Crippen molar-refractivity contribution in [2.45, 2.75) is 58.8 Å². The van der Waals surface area contributed by atoms with Crippen molar-refractivity contribution in [1.82, 2.24) is 0 Å². The number of methoxy groups -OCH3 is 2. The summed E-state index contributed by atoms with van der Waals surface area (Å²) in [5.74, 6) is 0. The number of unbranched alkanes of at least 4 members (excludes halogenated alkanes) is 3. The molecule has 98 valence electrons. The molecule has 0 fully saturated rings. The summed E-state index contributed by atoms with van der Waals surface area (Å²) in [6, 6.07) is 0. The summed E-state index contributed by atoms with van der Waals surface area (Å²) in [6.45, 7) is 6.16. The fourth-order valence-corrected chi connectivity index (χ4v) is 2.52. The van der Waals surface area contributed by atoms with E-state index in [9.17, 15) is 0 Å². The van der Waals surface area contributed by atoms with Crippen LogP contribution in [0.1, 0.15) is 58.8 Å². The van der Waals surface area contributed by atoms with Crippen LogP contribution in [-0.2, 0) is 9.47 Å². The monoisotopic (exact) mass is 230 g/mol. The second-order valence-corrected chi connectivity index (χ2v) is 4.93. The highest BCUT2D eigenvalue weighted by Crippen LogP contribution is 2.31. The maximum Gasteiger partial charge on any atom is 0.0540 e. The molecule has 0 saturated carbocycles. The Morgan fingerprint density at radius 2 is 1.38 bits per heavy atom. The van der Waals surface area contributed by atoms with Crippen molar-refractivity contribution in [2.24, 2.45) is 5.41 Å². The fraction of sp³-hybridized carbons (Fsp3) is 1.00. The van der Waals surface area contributed by atoms with Crippen molar-refractivity contribution in [3.05, 3.63) is 0 Å². The van der Waals surface area contributed by atoms with Crippen LogP contribution in [-0.4, -0.2) is 27.4 Å². The molecule has 0 bridgehead atoms. The Kier molecular flexibility index (Phi) is 10.0. The lowest BCUT2D eigenvalue weighted by atomic mass is 9.80. The molecule has 0 amide bonds. The van der Waals surface area contributed by atoms with Crippen LogP contribution >= 0.6 is 0 Å². The van der Waals surface area contributed by atoms with Gasteiger partial charge in [-0.3, -0.25) is 0 Å². The van der Waals surface area contributed by atoms with Crippen LogP contribution in [0.2, 0.25) is 0 Å². The van der Waals surface area contributed by atoms with Crippen molar-refractivity contribution in [3.8, 4) is 0 Å². The van der Waals surface area contributed by atoms with E-state index in [1.807, 2.05) is 0 Å². The molecule has 0 aliphatic rings. The predicted molar refractivity (Wildman–Crippen MR) is 69.9 cm³/mol. The lowest BCUT2D eigenvalue weighted by molar-refractivity contribution is -0.00335. The molecule has 2 heteroatoms. The lowest BCUT2D eigenvalue weighted by Crippen LogP contribution is -2.31. The highest BCUT2D eigenvalue weighted by molar-refractivity contribution is 4.78. The molecule has 0 saturated heterocycles. The minimum absolute atomic E-state index is 0.256. The van der Waals surface area contributed by atoms with Crippen molar-refractivity contribution < 1.29 is 9.47 Å². The third kappa shape index (κ3) is 6.49. The molecule has 0 atom stereocenters. The van der Waals surface area contributed by atoms with Gasteiger partial charge in [0.15, 0.2) is 0 Å². The molecular formula is C14H30O2. The third-order valence-corrected chi connectivity index (χ3v) is 3.24. The zero-order chi connectivity index (χ0) is 12.3. The van der Waals surface area contributed by atoms with E-state index in [0.29, 0.717) is 0 Å². The first-order valence-corrected chi connectivity index (χ1v) is 6.72. The molecule has 0 aromatic carbocycles. The van der Waals surface area contributed by atoms with Crippen LogP contribution in [0.5, 0.6) is 0 Å². The second kappa shape index (κ2) is 10.1.